The molecule has 0 radical (unpaired) electrons. The minimum atomic E-state index is -3.70. The summed E-state index contributed by atoms with van der Waals surface area (Å²) >= 11 is 0. The van der Waals surface area contributed by atoms with Gasteiger partial charge in [-0.15, -0.1) is 0 Å². The number of rotatable bonds is 3. The average molecular weight is 242 g/mol. The van der Waals surface area contributed by atoms with Crippen LogP contribution in [0.25, 0.3) is 0 Å². The molecule has 16 heavy (non-hydrogen) atoms. The molecule has 1 atom stereocenters. The van der Waals surface area contributed by atoms with E-state index in [1.165, 1.54) is 19.1 Å². The van der Waals surface area contributed by atoms with Gasteiger partial charge in [0.1, 0.15) is 0 Å². The van der Waals surface area contributed by atoms with Crippen LogP contribution in [0, 0.1) is 12.8 Å². The van der Waals surface area contributed by atoms with Gasteiger partial charge in [-0.3, -0.25) is 0 Å². The van der Waals surface area contributed by atoms with Crippen LogP contribution in [0.5, 0.6) is 0 Å². The molecule has 0 spiro atoms. The van der Waals surface area contributed by atoms with Crippen LogP contribution in [0.4, 0.5) is 0 Å². The van der Waals surface area contributed by atoms with E-state index in [0.717, 1.165) is 5.56 Å². The molecule has 0 aromatic heterocycles. The first-order valence-corrected chi connectivity index (χ1v) is 6.71. The standard InChI is InChI=1S/C12H18O3S/c1-9(2)12(4,13)16(14,15)11-7-5-10(3)6-8-11/h5-9,13H,1-4H3. The Morgan fingerprint density at radius 3 is 2.00 bits per heavy atom. The quantitative estimate of drug-likeness (QED) is 0.883. The second-order valence-electron chi connectivity index (χ2n) is 4.53. The van der Waals surface area contributed by atoms with Gasteiger partial charge in [0.25, 0.3) is 0 Å². The van der Waals surface area contributed by atoms with Gasteiger partial charge in [-0.2, -0.15) is 0 Å². The molecule has 0 saturated carbocycles. The number of benzene rings is 1. The summed E-state index contributed by atoms with van der Waals surface area (Å²) in [6, 6.07) is 6.51. The van der Waals surface area contributed by atoms with Crippen LogP contribution < -0.4 is 0 Å². The van der Waals surface area contributed by atoms with E-state index in [9.17, 15) is 13.5 Å². The first-order valence-electron chi connectivity index (χ1n) is 5.23. The van der Waals surface area contributed by atoms with Crippen LogP contribution >= 0.6 is 0 Å². The number of hydrogen-bond donors (Lipinski definition) is 1. The molecule has 0 bridgehead atoms. The summed E-state index contributed by atoms with van der Waals surface area (Å²) in [5.74, 6) is -0.362. The molecule has 1 aromatic rings. The molecular weight excluding hydrogens is 224 g/mol. The minimum absolute atomic E-state index is 0.164. The highest BCUT2D eigenvalue weighted by molar-refractivity contribution is 7.92. The summed E-state index contributed by atoms with van der Waals surface area (Å²) in [6.45, 7) is 6.60. The highest BCUT2D eigenvalue weighted by atomic mass is 32.2. The molecule has 0 aliphatic heterocycles. The minimum Gasteiger partial charge on any atom is -0.374 e. The van der Waals surface area contributed by atoms with Crippen molar-refractivity contribution in [2.24, 2.45) is 5.92 Å². The van der Waals surface area contributed by atoms with Crippen LogP contribution in [0.1, 0.15) is 26.3 Å². The Balaban J connectivity index is 3.27. The van der Waals surface area contributed by atoms with E-state index in [1.54, 1.807) is 26.0 Å². The lowest BCUT2D eigenvalue weighted by molar-refractivity contribution is 0.0952. The van der Waals surface area contributed by atoms with Gasteiger partial charge in [-0.1, -0.05) is 31.5 Å². The average Bonchev–Trinajstić information content (AvgIpc) is 2.17. The fraction of sp³-hybridized carbons (Fsp3) is 0.500. The third-order valence-electron chi connectivity index (χ3n) is 2.95. The fourth-order valence-corrected chi connectivity index (χ4v) is 2.86. The van der Waals surface area contributed by atoms with Crippen molar-refractivity contribution in [3.05, 3.63) is 29.8 Å². The molecule has 1 rings (SSSR count). The molecule has 0 aliphatic carbocycles. The Hall–Kier alpha value is -0.870. The molecule has 3 nitrogen and oxygen atoms in total. The highest BCUT2D eigenvalue weighted by Crippen LogP contribution is 2.29. The van der Waals surface area contributed by atoms with Crippen molar-refractivity contribution >= 4 is 9.84 Å². The second-order valence-corrected chi connectivity index (χ2v) is 6.83. The van der Waals surface area contributed by atoms with Crippen LogP contribution in [0.3, 0.4) is 0 Å². The van der Waals surface area contributed by atoms with Crippen molar-refractivity contribution in [2.75, 3.05) is 0 Å². The lowest BCUT2D eigenvalue weighted by Gasteiger charge is -2.27. The predicted molar refractivity (Wildman–Crippen MR) is 63.8 cm³/mol. The lowest BCUT2D eigenvalue weighted by Crippen LogP contribution is -2.40. The Labute approximate surface area is 97.0 Å². The zero-order valence-electron chi connectivity index (χ0n) is 10.1. The van der Waals surface area contributed by atoms with E-state index in [1.807, 2.05) is 6.92 Å². The summed E-state index contributed by atoms with van der Waals surface area (Å²) < 4.78 is 24.3. The van der Waals surface area contributed by atoms with Crippen molar-refractivity contribution in [1.82, 2.24) is 0 Å². The van der Waals surface area contributed by atoms with Gasteiger partial charge in [-0.25, -0.2) is 8.42 Å². The first kappa shape index (κ1) is 13.2. The van der Waals surface area contributed by atoms with Crippen LogP contribution in [0.2, 0.25) is 0 Å². The molecule has 1 N–H and O–H groups in total. The topological polar surface area (TPSA) is 54.4 Å². The predicted octanol–water partition coefficient (Wildman–Crippen LogP) is 2.13. The Bertz CT molecular complexity index is 456. The maximum atomic E-state index is 12.2. The lowest BCUT2D eigenvalue weighted by atomic mass is 10.1. The molecule has 1 unspecified atom stereocenters. The third-order valence-corrected chi connectivity index (χ3v) is 5.40. The van der Waals surface area contributed by atoms with Gasteiger partial charge in [0, 0.05) is 0 Å². The van der Waals surface area contributed by atoms with Crippen molar-refractivity contribution in [1.29, 1.82) is 0 Å². The zero-order chi connectivity index (χ0) is 12.6. The monoisotopic (exact) mass is 242 g/mol. The smallest absolute Gasteiger partial charge is 0.207 e. The molecular formula is C12H18O3S. The normalized spacial score (nSPS) is 16.1. The van der Waals surface area contributed by atoms with Crippen LogP contribution in [0.15, 0.2) is 29.2 Å². The van der Waals surface area contributed by atoms with Gasteiger partial charge in [0.05, 0.1) is 4.90 Å². The van der Waals surface area contributed by atoms with E-state index in [0.29, 0.717) is 0 Å². The first-order chi connectivity index (χ1) is 7.19. The van der Waals surface area contributed by atoms with Gasteiger partial charge < -0.3 is 5.11 Å². The SMILES string of the molecule is Cc1ccc(S(=O)(=O)C(C)(O)C(C)C)cc1. The van der Waals surface area contributed by atoms with Gasteiger partial charge in [0.15, 0.2) is 4.93 Å². The summed E-state index contributed by atoms with van der Waals surface area (Å²) in [4.78, 5) is -1.57. The van der Waals surface area contributed by atoms with Crippen molar-refractivity contribution in [2.45, 2.75) is 37.5 Å². The molecule has 0 saturated heterocycles. The number of hydrogen-bond acceptors (Lipinski definition) is 3. The van der Waals surface area contributed by atoms with E-state index in [2.05, 4.69) is 0 Å². The Kier molecular flexibility index (Phi) is 3.45. The van der Waals surface area contributed by atoms with Crippen molar-refractivity contribution < 1.29 is 13.5 Å². The second kappa shape index (κ2) is 4.18. The van der Waals surface area contributed by atoms with E-state index >= 15 is 0 Å². The summed E-state index contributed by atoms with van der Waals surface area (Å²) in [5.41, 5.74) is 0.989. The molecule has 0 amide bonds. The van der Waals surface area contributed by atoms with Crippen molar-refractivity contribution in [3.63, 3.8) is 0 Å². The zero-order valence-corrected chi connectivity index (χ0v) is 10.9. The van der Waals surface area contributed by atoms with Crippen LogP contribution in [-0.4, -0.2) is 18.5 Å². The van der Waals surface area contributed by atoms with Crippen molar-refractivity contribution in [3.8, 4) is 0 Å². The molecule has 0 fully saturated rings. The number of sulfone groups is 1. The maximum absolute atomic E-state index is 12.2. The maximum Gasteiger partial charge on any atom is 0.207 e. The van der Waals surface area contributed by atoms with E-state index in [-0.39, 0.29) is 10.8 Å². The molecule has 90 valence electrons. The fourth-order valence-electron chi connectivity index (χ4n) is 1.27. The molecule has 0 aliphatic rings. The molecule has 1 aromatic carbocycles. The van der Waals surface area contributed by atoms with Gasteiger partial charge in [-0.05, 0) is 31.9 Å². The van der Waals surface area contributed by atoms with Gasteiger partial charge >= 0.3 is 0 Å². The van der Waals surface area contributed by atoms with Gasteiger partial charge in [0.2, 0.25) is 9.84 Å². The van der Waals surface area contributed by atoms with E-state index in [4.69, 9.17) is 0 Å². The summed E-state index contributed by atoms with van der Waals surface area (Å²) in [7, 11) is -3.70. The number of aliphatic hydroxyl groups is 1. The largest absolute Gasteiger partial charge is 0.374 e. The molecule has 4 heteroatoms. The Morgan fingerprint density at radius 1 is 1.19 bits per heavy atom. The Morgan fingerprint density at radius 2 is 1.62 bits per heavy atom. The third kappa shape index (κ3) is 2.13. The summed E-state index contributed by atoms with van der Waals surface area (Å²) in [6.07, 6.45) is 0. The van der Waals surface area contributed by atoms with E-state index < -0.39 is 14.8 Å². The summed E-state index contributed by atoms with van der Waals surface area (Å²) in [5, 5.41) is 10.1. The van der Waals surface area contributed by atoms with Crippen LogP contribution in [-0.2, 0) is 9.84 Å². The molecule has 0 heterocycles. The highest BCUT2D eigenvalue weighted by Gasteiger charge is 2.40. The number of aryl methyl sites for hydroxylation is 1.